The molecule has 0 radical (unpaired) electrons. The van der Waals surface area contributed by atoms with Crippen molar-refractivity contribution in [1.82, 2.24) is 10.2 Å². The van der Waals surface area contributed by atoms with Crippen molar-refractivity contribution in [1.29, 1.82) is 0 Å². The molecule has 1 aliphatic heterocycles. The molecule has 2 rings (SSSR count). The summed E-state index contributed by atoms with van der Waals surface area (Å²) in [6.07, 6.45) is -0.317. The quantitative estimate of drug-likeness (QED) is 0.669. The van der Waals surface area contributed by atoms with Crippen molar-refractivity contribution in [3.8, 4) is 0 Å². The standard InChI is InChI=1S/C18H24N2O4/c1-17(2,3)11-24-14(21)10-18(13-8-6-5-7-9-13)15(22)19-12-20(4)16(18)23/h5-9H,10-12H2,1-4H3,(H,19,22). The van der Waals surface area contributed by atoms with Crippen LogP contribution >= 0.6 is 0 Å². The predicted octanol–water partition coefficient (Wildman–Crippen LogP) is 1.45. The van der Waals surface area contributed by atoms with Gasteiger partial charge in [-0.15, -0.1) is 0 Å². The molecule has 2 amide bonds. The van der Waals surface area contributed by atoms with Crippen LogP contribution < -0.4 is 5.32 Å². The van der Waals surface area contributed by atoms with Gasteiger partial charge >= 0.3 is 5.97 Å². The largest absolute Gasteiger partial charge is 0.465 e. The molecule has 130 valence electrons. The molecule has 0 bridgehead atoms. The van der Waals surface area contributed by atoms with Crippen LogP contribution in [0.2, 0.25) is 0 Å². The van der Waals surface area contributed by atoms with E-state index in [2.05, 4.69) is 5.32 Å². The highest BCUT2D eigenvalue weighted by Gasteiger charge is 2.53. The lowest BCUT2D eigenvalue weighted by Crippen LogP contribution is -2.63. The molecule has 0 spiro atoms. The van der Waals surface area contributed by atoms with Gasteiger partial charge in [0.1, 0.15) is 0 Å². The van der Waals surface area contributed by atoms with Crippen molar-refractivity contribution in [3.63, 3.8) is 0 Å². The Morgan fingerprint density at radius 3 is 2.46 bits per heavy atom. The fourth-order valence-corrected chi connectivity index (χ4v) is 2.64. The Kier molecular flexibility index (Phi) is 4.96. The van der Waals surface area contributed by atoms with Crippen LogP contribution in [0.5, 0.6) is 0 Å². The zero-order valence-corrected chi connectivity index (χ0v) is 14.6. The Bertz CT molecular complexity index is 636. The summed E-state index contributed by atoms with van der Waals surface area (Å²) < 4.78 is 5.30. The molecule has 1 N–H and O–H groups in total. The van der Waals surface area contributed by atoms with Crippen molar-refractivity contribution in [3.05, 3.63) is 35.9 Å². The van der Waals surface area contributed by atoms with Gasteiger partial charge in [0.15, 0.2) is 5.41 Å². The Labute approximate surface area is 142 Å². The fraction of sp³-hybridized carbons (Fsp3) is 0.500. The fourth-order valence-electron chi connectivity index (χ4n) is 2.64. The van der Waals surface area contributed by atoms with Gasteiger partial charge in [-0.2, -0.15) is 0 Å². The van der Waals surface area contributed by atoms with E-state index in [0.717, 1.165) is 0 Å². The van der Waals surface area contributed by atoms with Crippen molar-refractivity contribution >= 4 is 17.8 Å². The lowest BCUT2D eigenvalue weighted by atomic mass is 9.74. The number of hydrogen-bond acceptors (Lipinski definition) is 4. The van der Waals surface area contributed by atoms with E-state index in [4.69, 9.17) is 4.74 Å². The number of rotatable bonds is 4. The first-order valence-corrected chi connectivity index (χ1v) is 7.92. The van der Waals surface area contributed by atoms with Crippen LogP contribution in [-0.2, 0) is 24.5 Å². The van der Waals surface area contributed by atoms with Crippen LogP contribution in [0.1, 0.15) is 32.8 Å². The monoisotopic (exact) mass is 332 g/mol. The maximum atomic E-state index is 12.9. The van der Waals surface area contributed by atoms with Crippen LogP contribution in [0.4, 0.5) is 0 Å². The number of likely N-dealkylation sites (N-methyl/N-ethyl adjacent to an activating group) is 1. The molecule has 6 heteroatoms. The molecule has 1 aliphatic rings. The number of carbonyl (C=O) groups is 3. The van der Waals surface area contributed by atoms with Gasteiger partial charge in [0.05, 0.1) is 19.7 Å². The van der Waals surface area contributed by atoms with Crippen molar-refractivity contribution < 1.29 is 19.1 Å². The van der Waals surface area contributed by atoms with E-state index in [1.165, 1.54) is 4.90 Å². The number of ether oxygens (including phenoxy) is 1. The topological polar surface area (TPSA) is 75.7 Å². The van der Waals surface area contributed by atoms with Crippen LogP contribution in [0.15, 0.2) is 30.3 Å². The summed E-state index contributed by atoms with van der Waals surface area (Å²) in [6.45, 7) is 6.18. The van der Waals surface area contributed by atoms with Crippen molar-refractivity contribution in [2.24, 2.45) is 5.41 Å². The number of amides is 2. The highest BCUT2D eigenvalue weighted by molar-refractivity contribution is 6.14. The lowest BCUT2D eigenvalue weighted by molar-refractivity contribution is -0.159. The maximum Gasteiger partial charge on any atom is 0.307 e. The average molecular weight is 332 g/mol. The molecule has 0 saturated carbocycles. The van der Waals surface area contributed by atoms with E-state index in [1.54, 1.807) is 37.4 Å². The molecule has 1 fully saturated rings. The number of nitrogens with one attached hydrogen (secondary N) is 1. The summed E-state index contributed by atoms with van der Waals surface area (Å²) in [7, 11) is 1.60. The summed E-state index contributed by atoms with van der Waals surface area (Å²) in [5.41, 5.74) is -1.28. The minimum Gasteiger partial charge on any atom is -0.465 e. The minimum atomic E-state index is -1.58. The molecular formula is C18H24N2O4. The molecule has 1 aromatic rings. The van der Waals surface area contributed by atoms with Crippen molar-refractivity contribution in [2.75, 3.05) is 20.3 Å². The molecule has 24 heavy (non-hydrogen) atoms. The number of nitrogens with zero attached hydrogens (tertiary/aromatic N) is 1. The van der Waals surface area contributed by atoms with E-state index in [1.807, 2.05) is 20.8 Å². The Morgan fingerprint density at radius 2 is 1.88 bits per heavy atom. The number of esters is 1. The maximum absolute atomic E-state index is 12.9. The molecule has 1 aromatic carbocycles. The smallest absolute Gasteiger partial charge is 0.307 e. The first-order valence-electron chi connectivity index (χ1n) is 7.92. The zero-order chi connectivity index (χ0) is 18.0. The van der Waals surface area contributed by atoms with E-state index in [0.29, 0.717) is 5.56 Å². The van der Waals surface area contributed by atoms with Gasteiger partial charge in [0.25, 0.3) is 0 Å². The van der Waals surface area contributed by atoms with E-state index >= 15 is 0 Å². The van der Waals surface area contributed by atoms with E-state index < -0.39 is 23.2 Å². The summed E-state index contributed by atoms with van der Waals surface area (Å²) in [5, 5.41) is 2.69. The average Bonchev–Trinajstić information content (AvgIpc) is 2.53. The first kappa shape index (κ1) is 18.0. The third-order valence-corrected chi connectivity index (χ3v) is 3.92. The van der Waals surface area contributed by atoms with Gasteiger partial charge in [-0.25, -0.2) is 0 Å². The first-order chi connectivity index (χ1) is 11.2. The lowest BCUT2D eigenvalue weighted by Gasteiger charge is -2.39. The zero-order valence-electron chi connectivity index (χ0n) is 14.6. The summed E-state index contributed by atoms with van der Waals surface area (Å²) >= 11 is 0. The normalized spacial score (nSPS) is 21.4. The molecule has 0 aliphatic carbocycles. The van der Waals surface area contributed by atoms with Gasteiger partial charge in [0.2, 0.25) is 11.8 Å². The van der Waals surface area contributed by atoms with E-state index in [9.17, 15) is 14.4 Å². The Balaban J connectivity index is 2.36. The third kappa shape index (κ3) is 3.58. The SMILES string of the molecule is CN1CNC(=O)C(CC(=O)OCC(C)(C)C)(c2ccccc2)C1=O. The minimum absolute atomic E-state index is 0.128. The highest BCUT2D eigenvalue weighted by atomic mass is 16.5. The molecule has 1 heterocycles. The van der Waals surface area contributed by atoms with Gasteiger partial charge in [-0.05, 0) is 11.0 Å². The van der Waals surface area contributed by atoms with Crippen molar-refractivity contribution in [2.45, 2.75) is 32.6 Å². The molecular weight excluding hydrogens is 308 g/mol. The van der Waals surface area contributed by atoms with Gasteiger partial charge in [-0.1, -0.05) is 51.1 Å². The van der Waals surface area contributed by atoms with Crippen LogP contribution in [0.25, 0.3) is 0 Å². The number of hydrogen-bond donors (Lipinski definition) is 1. The second kappa shape index (κ2) is 6.63. The molecule has 1 atom stereocenters. The number of benzene rings is 1. The second-order valence-corrected chi connectivity index (χ2v) is 7.34. The number of carbonyl (C=O) groups excluding carboxylic acids is 3. The molecule has 1 unspecified atom stereocenters. The van der Waals surface area contributed by atoms with Gasteiger partial charge in [-0.3, -0.25) is 14.4 Å². The summed E-state index contributed by atoms with van der Waals surface area (Å²) in [5.74, 6) is -1.43. The Morgan fingerprint density at radius 1 is 1.25 bits per heavy atom. The van der Waals surface area contributed by atoms with Gasteiger partial charge in [0, 0.05) is 7.05 Å². The molecule has 0 aromatic heterocycles. The van der Waals surface area contributed by atoms with Crippen LogP contribution in [0, 0.1) is 5.41 Å². The highest BCUT2D eigenvalue weighted by Crippen LogP contribution is 2.33. The van der Waals surface area contributed by atoms with Crippen LogP contribution in [0.3, 0.4) is 0 Å². The van der Waals surface area contributed by atoms with Gasteiger partial charge < -0.3 is 15.0 Å². The predicted molar refractivity (Wildman–Crippen MR) is 88.9 cm³/mol. The Hall–Kier alpha value is -2.37. The van der Waals surface area contributed by atoms with E-state index in [-0.39, 0.29) is 25.1 Å². The molecule has 6 nitrogen and oxygen atoms in total. The summed E-state index contributed by atoms with van der Waals surface area (Å²) in [4.78, 5) is 39.3. The molecule has 1 saturated heterocycles. The third-order valence-electron chi connectivity index (χ3n) is 3.92. The summed E-state index contributed by atoms with van der Waals surface area (Å²) in [6, 6.07) is 8.66. The second-order valence-electron chi connectivity index (χ2n) is 7.34. The van der Waals surface area contributed by atoms with Crippen LogP contribution in [-0.4, -0.2) is 43.0 Å².